The number of aliphatic imine (C=N–C) groups is 1. The molecule has 4 atom stereocenters. The number of hydrogen-bond acceptors (Lipinski definition) is 9. The number of carbonyl (C=O) groups is 4. The molecule has 2 aromatic carbocycles. The van der Waals surface area contributed by atoms with E-state index in [0.717, 1.165) is 75.2 Å². The molecule has 3 aliphatic rings. The molecule has 1 unspecified atom stereocenters. The topological polar surface area (TPSA) is 160 Å². The highest BCUT2D eigenvalue weighted by Gasteiger charge is 2.39. The molecule has 12 nitrogen and oxygen atoms in total. The van der Waals surface area contributed by atoms with Gasteiger partial charge in [-0.15, -0.1) is 22.7 Å². The summed E-state index contributed by atoms with van der Waals surface area (Å²) in [5.74, 6) is 6.25. The van der Waals surface area contributed by atoms with Gasteiger partial charge in [0.15, 0.2) is 0 Å². The number of fused-ring (bicyclic) bond motifs is 1. The van der Waals surface area contributed by atoms with Crippen LogP contribution < -0.4 is 10.6 Å². The number of benzene rings is 2. The van der Waals surface area contributed by atoms with Gasteiger partial charge in [0.05, 0.1) is 38.9 Å². The van der Waals surface area contributed by atoms with Crippen LogP contribution >= 0.6 is 22.7 Å². The van der Waals surface area contributed by atoms with Gasteiger partial charge >= 0.3 is 0 Å². The quantitative estimate of drug-likeness (QED) is 0.108. The highest BCUT2D eigenvalue weighted by Crippen LogP contribution is 2.41. The minimum absolute atomic E-state index is 0.119. The van der Waals surface area contributed by atoms with Crippen molar-refractivity contribution in [3.8, 4) is 34.2 Å². The van der Waals surface area contributed by atoms with Gasteiger partial charge in [-0.2, -0.15) is 0 Å². The van der Waals surface area contributed by atoms with Crippen LogP contribution in [0.2, 0.25) is 0 Å². The van der Waals surface area contributed by atoms with Crippen molar-refractivity contribution >= 4 is 61.4 Å². The number of H-pyrrole nitrogens is 1. The standard InChI is InChI=1S/C46H47N7O5S2/c1-27(2)40(51-39(56)24-54)45(57)53-20-8-12-38(53)44-48-23-36(50-44)31-17-15-30(16-18-31)34-26-60-42-33(25-59-43(34)42)14-13-29-21-35(47-22-29)37-11-7-19-52(37)46(58)41(49-28(3)55)32-9-5-4-6-10-32/h4-6,9-10,15-18,22-23,25-27,37-38,40-41,54H,7-8,11-12,19-21,24H2,1-3H3,(H,48,50)(H,49,55)(H,51,56)/t37?,38-,40-,41+/m0/s1. The molecule has 0 spiro atoms. The molecule has 14 heteroatoms. The maximum Gasteiger partial charge on any atom is 0.250 e. The Morgan fingerprint density at radius 3 is 2.30 bits per heavy atom. The molecule has 0 radical (unpaired) electrons. The van der Waals surface area contributed by atoms with E-state index in [4.69, 9.17) is 4.99 Å². The number of hydrogen-bond donors (Lipinski definition) is 4. The number of aliphatic hydroxyl groups excluding tert-OH is 1. The third-order valence-corrected chi connectivity index (χ3v) is 13.6. The fraction of sp³-hybridized carbons (Fsp3) is 0.348. The first-order valence-electron chi connectivity index (χ1n) is 20.3. The summed E-state index contributed by atoms with van der Waals surface area (Å²) in [5, 5.41) is 19.1. The zero-order valence-electron chi connectivity index (χ0n) is 33.7. The Kier molecular flexibility index (Phi) is 12.1. The second-order valence-electron chi connectivity index (χ2n) is 15.8. The van der Waals surface area contributed by atoms with E-state index in [1.54, 1.807) is 33.8 Å². The second-order valence-corrected chi connectivity index (χ2v) is 17.5. The van der Waals surface area contributed by atoms with Crippen LogP contribution in [0, 0.1) is 17.8 Å². The summed E-state index contributed by atoms with van der Waals surface area (Å²) in [4.78, 5) is 68.0. The van der Waals surface area contributed by atoms with Crippen molar-refractivity contribution in [1.82, 2.24) is 30.4 Å². The van der Waals surface area contributed by atoms with Crippen LogP contribution in [0.25, 0.3) is 31.8 Å². The summed E-state index contributed by atoms with van der Waals surface area (Å²) in [5.41, 5.74) is 7.68. The first-order chi connectivity index (χ1) is 29.1. The lowest BCUT2D eigenvalue weighted by Crippen LogP contribution is -2.51. The SMILES string of the molecule is CC(=O)N[C@@H](C(=O)N1CCCC1C1=NC=C(C#Cc2csc3c(-c4ccc(-c5cnc([C@@H]6CCCN6C(=O)[C@@H](NC(=O)CO)C(C)C)[nH]5)cc4)csc23)C1)c1ccccc1. The van der Waals surface area contributed by atoms with Gasteiger partial charge in [0, 0.05) is 60.2 Å². The second kappa shape index (κ2) is 17.8. The predicted octanol–water partition coefficient (Wildman–Crippen LogP) is 6.77. The fourth-order valence-corrected chi connectivity index (χ4v) is 10.7. The van der Waals surface area contributed by atoms with E-state index in [9.17, 15) is 24.3 Å². The average molecular weight is 842 g/mol. The van der Waals surface area contributed by atoms with Crippen LogP contribution in [0.15, 0.2) is 88.3 Å². The molecule has 4 N–H and O–H groups in total. The van der Waals surface area contributed by atoms with Crippen LogP contribution in [0.4, 0.5) is 0 Å². The van der Waals surface area contributed by atoms with E-state index in [1.165, 1.54) is 11.6 Å². The third-order valence-electron chi connectivity index (χ3n) is 11.4. The summed E-state index contributed by atoms with van der Waals surface area (Å²) in [7, 11) is 0. The van der Waals surface area contributed by atoms with Crippen molar-refractivity contribution in [3.63, 3.8) is 0 Å². The van der Waals surface area contributed by atoms with Crippen LogP contribution in [0.3, 0.4) is 0 Å². The molecule has 2 fully saturated rings. The van der Waals surface area contributed by atoms with Gasteiger partial charge in [-0.05, 0) is 48.3 Å². The minimum atomic E-state index is -0.744. The molecule has 8 rings (SSSR count). The number of aliphatic hydroxyl groups is 1. The number of aromatic nitrogens is 2. The summed E-state index contributed by atoms with van der Waals surface area (Å²) in [6.07, 6.45) is 7.52. The number of likely N-dealkylation sites (tertiary alicyclic amines) is 2. The van der Waals surface area contributed by atoms with E-state index < -0.39 is 24.6 Å². The molecule has 308 valence electrons. The Morgan fingerprint density at radius 2 is 1.58 bits per heavy atom. The molecule has 0 aliphatic carbocycles. The monoisotopic (exact) mass is 841 g/mol. The molecular weight excluding hydrogens is 795 g/mol. The first kappa shape index (κ1) is 40.9. The van der Waals surface area contributed by atoms with Crippen molar-refractivity contribution in [1.29, 1.82) is 0 Å². The van der Waals surface area contributed by atoms with Crippen molar-refractivity contribution in [2.24, 2.45) is 10.9 Å². The van der Waals surface area contributed by atoms with Crippen LogP contribution in [0.5, 0.6) is 0 Å². The Morgan fingerprint density at radius 1 is 0.883 bits per heavy atom. The molecule has 0 bridgehead atoms. The Hall–Kier alpha value is -5.88. The van der Waals surface area contributed by atoms with Gasteiger partial charge < -0.3 is 30.5 Å². The molecule has 4 amide bonds. The Balaban J connectivity index is 0.913. The molecule has 5 aromatic rings. The predicted molar refractivity (Wildman–Crippen MR) is 235 cm³/mol. The molecule has 3 aliphatic heterocycles. The number of nitrogens with zero attached hydrogens (tertiary/aromatic N) is 4. The van der Waals surface area contributed by atoms with E-state index in [1.807, 2.05) is 55.3 Å². The Labute approximate surface area is 356 Å². The first-order valence-corrected chi connectivity index (χ1v) is 22.1. The molecule has 0 saturated carbocycles. The summed E-state index contributed by atoms with van der Waals surface area (Å²) < 4.78 is 2.33. The smallest absolute Gasteiger partial charge is 0.250 e. The van der Waals surface area contributed by atoms with Gasteiger partial charge in [0.2, 0.25) is 23.6 Å². The zero-order valence-corrected chi connectivity index (χ0v) is 35.4. The summed E-state index contributed by atoms with van der Waals surface area (Å²) >= 11 is 3.37. The molecule has 6 heterocycles. The molecule has 2 saturated heterocycles. The molecule has 3 aromatic heterocycles. The third kappa shape index (κ3) is 8.43. The van der Waals surface area contributed by atoms with Gasteiger partial charge in [-0.3, -0.25) is 24.2 Å². The number of rotatable bonds is 11. The van der Waals surface area contributed by atoms with E-state index in [-0.39, 0.29) is 35.7 Å². The number of thiophene rings is 2. The van der Waals surface area contributed by atoms with Gasteiger partial charge in [0.25, 0.3) is 0 Å². The lowest BCUT2D eigenvalue weighted by Gasteiger charge is -2.30. The normalized spacial score (nSPS) is 18.6. The van der Waals surface area contributed by atoms with Crippen molar-refractivity contribution in [2.75, 3.05) is 19.7 Å². The zero-order chi connectivity index (χ0) is 41.9. The minimum Gasteiger partial charge on any atom is -0.387 e. The number of carbonyl (C=O) groups excluding carboxylic acids is 4. The Bertz CT molecular complexity index is 2540. The van der Waals surface area contributed by atoms with E-state index in [2.05, 4.69) is 67.5 Å². The van der Waals surface area contributed by atoms with E-state index >= 15 is 0 Å². The maximum atomic E-state index is 13.8. The van der Waals surface area contributed by atoms with Crippen molar-refractivity contribution in [2.45, 2.75) is 77.0 Å². The van der Waals surface area contributed by atoms with Crippen molar-refractivity contribution in [3.05, 3.63) is 100 Å². The number of amides is 4. The van der Waals surface area contributed by atoms with Gasteiger partial charge in [-0.25, -0.2) is 4.98 Å². The number of imidazole rings is 1. The van der Waals surface area contributed by atoms with Gasteiger partial charge in [-0.1, -0.05) is 80.3 Å². The summed E-state index contributed by atoms with van der Waals surface area (Å²) in [6, 6.07) is 15.9. The number of nitrogens with one attached hydrogen (secondary N) is 3. The van der Waals surface area contributed by atoms with Gasteiger partial charge in [0.1, 0.15) is 24.5 Å². The largest absolute Gasteiger partial charge is 0.387 e. The van der Waals surface area contributed by atoms with E-state index in [0.29, 0.717) is 25.3 Å². The lowest BCUT2D eigenvalue weighted by molar-refractivity contribution is -0.139. The number of aromatic amines is 1. The van der Waals surface area contributed by atoms with Crippen molar-refractivity contribution < 1.29 is 24.3 Å². The fourth-order valence-electron chi connectivity index (χ4n) is 8.37. The maximum absolute atomic E-state index is 13.8. The molecule has 60 heavy (non-hydrogen) atoms. The average Bonchev–Trinajstić information content (AvgIpc) is 4.11. The lowest BCUT2D eigenvalue weighted by atomic mass is 10.0. The molecular formula is C46H47N7O5S2. The summed E-state index contributed by atoms with van der Waals surface area (Å²) in [6.45, 7) is 5.72. The highest BCUT2D eigenvalue weighted by molar-refractivity contribution is 7.27. The van der Waals surface area contributed by atoms with Crippen LogP contribution in [-0.4, -0.2) is 86.0 Å². The highest BCUT2D eigenvalue weighted by atomic mass is 32.1. The van der Waals surface area contributed by atoms with Crippen LogP contribution in [0.1, 0.15) is 81.9 Å². The van der Waals surface area contributed by atoms with Crippen LogP contribution in [-0.2, 0) is 19.2 Å². The number of allylic oxidation sites excluding steroid dienone is 1.